The zero-order valence-corrected chi connectivity index (χ0v) is 20.6. The molecule has 36 heavy (non-hydrogen) atoms. The van der Waals surface area contributed by atoms with Crippen molar-refractivity contribution in [3.8, 4) is 0 Å². The highest BCUT2D eigenvalue weighted by molar-refractivity contribution is 6.30. The number of hydrogen-bond donors (Lipinski definition) is 2. The molecule has 1 spiro atoms. The minimum atomic E-state index is -0.657. The first kappa shape index (κ1) is 22.9. The fourth-order valence-corrected chi connectivity index (χ4v) is 5.78. The van der Waals surface area contributed by atoms with Gasteiger partial charge in [-0.25, -0.2) is 4.98 Å². The van der Waals surface area contributed by atoms with Crippen LogP contribution in [0.3, 0.4) is 0 Å². The number of halogens is 1. The van der Waals surface area contributed by atoms with E-state index in [0.29, 0.717) is 30.9 Å². The molecular weight excluding hydrogens is 476 g/mol. The summed E-state index contributed by atoms with van der Waals surface area (Å²) in [7, 11) is 0. The van der Waals surface area contributed by atoms with Gasteiger partial charge in [0.1, 0.15) is 11.5 Å². The molecule has 2 aromatic heterocycles. The number of piperazine rings is 1. The molecule has 3 aromatic rings. The third kappa shape index (κ3) is 4.10. The summed E-state index contributed by atoms with van der Waals surface area (Å²) in [5, 5.41) is 6.67. The van der Waals surface area contributed by atoms with Crippen LogP contribution in [0.2, 0.25) is 5.02 Å². The number of aromatic nitrogens is 2. The number of anilines is 2. The lowest BCUT2D eigenvalue weighted by atomic mass is 9.79. The van der Waals surface area contributed by atoms with E-state index in [9.17, 15) is 9.59 Å². The van der Waals surface area contributed by atoms with Gasteiger partial charge in [-0.15, -0.1) is 0 Å². The van der Waals surface area contributed by atoms with Crippen LogP contribution in [0.25, 0.3) is 0 Å². The van der Waals surface area contributed by atoms with E-state index in [1.54, 1.807) is 12.4 Å². The number of nitrogens with one attached hydrogen (secondary N) is 2. The van der Waals surface area contributed by atoms with Gasteiger partial charge in [0.2, 0.25) is 5.91 Å². The maximum absolute atomic E-state index is 12.9. The molecule has 3 aliphatic rings. The predicted octanol–water partition coefficient (Wildman–Crippen LogP) is 2.67. The molecular formula is C27H27ClN6O2. The second kappa shape index (κ2) is 9.19. The van der Waals surface area contributed by atoms with Crippen molar-refractivity contribution < 1.29 is 9.59 Å². The summed E-state index contributed by atoms with van der Waals surface area (Å²) in [6, 6.07) is 13.6. The summed E-state index contributed by atoms with van der Waals surface area (Å²) in [6.45, 7) is 5.05. The molecule has 1 saturated heterocycles. The molecule has 1 atom stereocenters. The molecule has 0 radical (unpaired) electrons. The average molecular weight is 503 g/mol. The van der Waals surface area contributed by atoms with Gasteiger partial charge in [0.25, 0.3) is 5.91 Å². The third-order valence-corrected chi connectivity index (χ3v) is 7.78. The Hall–Kier alpha value is -3.49. The van der Waals surface area contributed by atoms with Gasteiger partial charge < -0.3 is 15.5 Å². The molecule has 184 valence electrons. The first-order valence-electron chi connectivity index (χ1n) is 12.3. The summed E-state index contributed by atoms with van der Waals surface area (Å²) in [5.41, 5.74) is 3.81. The number of fused-ring (bicyclic) bond motifs is 3. The Morgan fingerprint density at radius 2 is 1.89 bits per heavy atom. The summed E-state index contributed by atoms with van der Waals surface area (Å²) in [4.78, 5) is 39.1. The topological polar surface area (TPSA) is 90.5 Å². The Morgan fingerprint density at radius 3 is 2.72 bits per heavy atom. The highest BCUT2D eigenvalue weighted by Gasteiger charge is 2.51. The standard InChI is InChI=1S/C27H27ClN6O2/c28-20-3-1-4-21(14-20)34-11-9-33(10-12-34)8-7-30-25(35)23-13-18-15-27(16-19(18)17-31-23)22-5-2-6-29-24(22)32-26(27)36/h1-6,13-14,17H,7-12,15-16H2,(H,30,35)(H,29,32,36). The highest BCUT2D eigenvalue weighted by atomic mass is 35.5. The van der Waals surface area contributed by atoms with Gasteiger partial charge in [-0.3, -0.25) is 19.5 Å². The molecule has 6 rings (SSSR count). The van der Waals surface area contributed by atoms with Gasteiger partial charge in [0.15, 0.2) is 0 Å². The molecule has 8 nitrogen and oxygen atoms in total. The smallest absolute Gasteiger partial charge is 0.269 e. The number of rotatable bonds is 5. The molecule has 1 unspecified atom stereocenters. The van der Waals surface area contributed by atoms with Crippen LogP contribution in [0.4, 0.5) is 11.5 Å². The number of carbonyl (C=O) groups excluding carboxylic acids is 2. The van der Waals surface area contributed by atoms with Crippen LogP contribution in [-0.4, -0.2) is 66.0 Å². The Morgan fingerprint density at radius 1 is 1.06 bits per heavy atom. The van der Waals surface area contributed by atoms with E-state index in [1.165, 1.54) is 0 Å². The zero-order valence-electron chi connectivity index (χ0n) is 19.8. The van der Waals surface area contributed by atoms with E-state index in [0.717, 1.165) is 60.1 Å². The van der Waals surface area contributed by atoms with Gasteiger partial charge in [-0.2, -0.15) is 0 Å². The molecule has 1 fully saturated rings. The van der Waals surface area contributed by atoms with Crippen molar-refractivity contribution in [2.75, 3.05) is 49.5 Å². The first-order chi connectivity index (χ1) is 17.5. The predicted molar refractivity (Wildman–Crippen MR) is 139 cm³/mol. The summed E-state index contributed by atoms with van der Waals surface area (Å²) in [5.74, 6) is 0.415. The second-order valence-electron chi connectivity index (χ2n) is 9.69. The normalized spacial score (nSPS) is 20.8. The van der Waals surface area contributed by atoms with Crippen molar-refractivity contribution in [3.05, 3.63) is 82.3 Å². The summed E-state index contributed by atoms with van der Waals surface area (Å²) >= 11 is 6.13. The molecule has 0 bridgehead atoms. The van der Waals surface area contributed by atoms with E-state index in [4.69, 9.17) is 11.6 Å². The van der Waals surface area contributed by atoms with Gasteiger partial charge in [-0.05, 0) is 54.3 Å². The zero-order chi connectivity index (χ0) is 24.7. The largest absolute Gasteiger partial charge is 0.369 e. The van der Waals surface area contributed by atoms with Crippen molar-refractivity contribution in [3.63, 3.8) is 0 Å². The molecule has 4 heterocycles. The molecule has 2 aliphatic heterocycles. The number of amides is 2. The van der Waals surface area contributed by atoms with Crippen molar-refractivity contribution in [2.45, 2.75) is 18.3 Å². The van der Waals surface area contributed by atoms with Gasteiger partial charge in [-0.1, -0.05) is 23.7 Å². The summed E-state index contributed by atoms with van der Waals surface area (Å²) in [6.07, 6.45) is 4.55. The Kier molecular flexibility index (Phi) is 5.85. The maximum atomic E-state index is 12.9. The number of pyridine rings is 2. The van der Waals surface area contributed by atoms with E-state index in [1.807, 2.05) is 36.4 Å². The number of benzene rings is 1. The van der Waals surface area contributed by atoms with Crippen LogP contribution in [0.1, 0.15) is 27.2 Å². The van der Waals surface area contributed by atoms with Crippen LogP contribution in [-0.2, 0) is 23.1 Å². The van der Waals surface area contributed by atoms with Crippen molar-refractivity contribution in [1.29, 1.82) is 0 Å². The quantitative estimate of drug-likeness (QED) is 0.557. The van der Waals surface area contributed by atoms with Crippen LogP contribution in [0, 0.1) is 0 Å². The molecule has 2 N–H and O–H groups in total. The van der Waals surface area contributed by atoms with E-state index in [2.05, 4.69) is 36.5 Å². The second-order valence-corrected chi connectivity index (χ2v) is 10.1. The van der Waals surface area contributed by atoms with E-state index >= 15 is 0 Å². The van der Waals surface area contributed by atoms with Gasteiger partial charge in [0.05, 0.1) is 5.41 Å². The minimum absolute atomic E-state index is 0.0335. The monoisotopic (exact) mass is 502 g/mol. The SMILES string of the molecule is O=C(NCCN1CCN(c2cccc(Cl)c2)CC1)c1cc2c(cn1)CC1(C2)C(=O)Nc2ncccc21. The van der Waals surface area contributed by atoms with Gasteiger partial charge in [0, 0.05) is 67.9 Å². The van der Waals surface area contributed by atoms with Gasteiger partial charge >= 0.3 is 0 Å². The molecule has 1 aromatic carbocycles. The lowest BCUT2D eigenvalue weighted by molar-refractivity contribution is -0.120. The number of nitrogens with zero attached hydrogens (tertiary/aromatic N) is 4. The Labute approximate surface area is 214 Å². The number of carbonyl (C=O) groups is 2. The first-order valence-corrected chi connectivity index (χ1v) is 12.7. The molecule has 1 aliphatic carbocycles. The lowest BCUT2D eigenvalue weighted by Crippen LogP contribution is -2.48. The van der Waals surface area contributed by atoms with Crippen molar-refractivity contribution in [1.82, 2.24) is 20.2 Å². The van der Waals surface area contributed by atoms with E-state index < -0.39 is 5.41 Å². The van der Waals surface area contributed by atoms with Crippen LogP contribution < -0.4 is 15.5 Å². The van der Waals surface area contributed by atoms with Crippen molar-refractivity contribution >= 4 is 34.9 Å². The Bertz CT molecular complexity index is 1340. The fraction of sp³-hybridized carbons (Fsp3) is 0.333. The highest BCUT2D eigenvalue weighted by Crippen LogP contribution is 2.46. The van der Waals surface area contributed by atoms with Crippen molar-refractivity contribution in [2.24, 2.45) is 0 Å². The Balaban J connectivity index is 1.03. The van der Waals surface area contributed by atoms with Crippen LogP contribution >= 0.6 is 11.6 Å². The molecule has 9 heteroatoms. The lowest BCUT2D eigenvalue weighted by Gasteiger charge is -2.36. The van der Waals surface area contributed by atoms with E-state index in [-0.39, 0.29) is 11.8 Å². The minimum Gasteiger partial charge on any atom is -0.369 e. The number of hydrogen-bond acceptors (Lipinski definition) is 6. The summed E-state index contributed by atoms with van der Waals surface area (Å²) < 4.78 is 0. The third-order valence-electron chi connectivity index (χ3n) is 7.55. The van der Waals surface area contributed by atoms with Crippen LogP contribution in [0.15, 0.2) is 54.9 Å². The fourth-order valence-electron chi connectivity index (χ4n) is 5.60. The maximum Gasteiger partial charge on any atom is 0.269 e. The molecule has 2 amide bonds. The van der Waals surface area contributed by atoms with Crippen LogP contribution in [0.5, 0.6) is 0 Å². The average Bonchev–Trinajstić information content (AvgIpc) is 3.41. The molecule has 0 saturated carbocycles.